The van der Waals surface area contributed by atoms with Crippen LogP contribution in [-0.2, 0) is 0 Å². The Hall–Kier alpha value is -0.940. The first-order chi connectivity index (χ1) is 7.09. The molecule has 6 heteroatoms. The first-order valence-corrected chi connectivity index (χ1v) is 5.29. The van der Waals surface area contributed by atoms with Crippen LogP contribution in [0.3, 0.4) is 0 Å². The third-order valence-corrected chi connectivity index (χ3v) is 2.67. The molecule has 0 aliphatic rings. The number of benzene rings is 1. The lowest BCUT2D eigenvalue weighted by molar-refractivity contribution is 0.616. The molecule has 0 spiro atoms. The lowest BCUT2D eigenvalue weighted by atomic mass is 10.3. The molecule has 1 aromatic heterocycles. The van der Waals surface area contributed by atoms with Crippen LogP contribution in [-0.4, -0.2) is 14.8 Å². The zero-order chi connectivity index (χ0) is 11.0. The molecule has 0 unspecified atom stereocenters. The maximum absolute atomic E-state index is 13.5. The van der Waals surface area contributed by atoms with Gasteiger partial charge < -0.3 is 0 Å². The summed E-state index contributed by atoms with van der Waals surface area (Å²) in [6.45, 7) is 1.71. The summed E-state index contributed by atoms with van der Waals surface area (Å²) in [6, 6.07) is 4.60. The number of aryl methyl sites for hydroxylation is 1. The smallest absolute Gasteiger partial charge is 0.229 e. The summed E-state index contributed by atoms with van der Waals surface area (Å²) in [5.74, 6) is 0.167. The van der Waals surface area contributed by atoms with Crippen molar-refractivity contribution in [2.75, 3.05) is 0 Å². The van der Waals surface area contributed by atoms with Gasteiger partial charge in [0, 0.05) is 4.47 Å². The average Bonchev–Trinajstić information content (AvgIpc) is 2.51. The minimum absolute atomic E-state index is 0.143. The topological polar surface area (TPSA) is 30.7 Å². The van der Waals surface area contributed by atoms with E-state index < -0.39 is 0 Å². The molecule has 3 nitrogen and oxygen atoms in total. The number of hydrogen-bond acceptors (Lipinski definition) is 2. The van der Waals surface area contributed by atoms with E-state index in [2.05, 4.69) is 26.1 Å². The third-order valence-electron chi connectivity index (χ3n) is 1.93. The summed E-state index contributed by atoms with van der Waals surface area (Å²) >= 11 is 9.08. The zero-order valence-corrected chi connectivity index (χ0v) is 10.0. The van der Waals surface area contributed by atoms with Crippen LogP contribution in [0.1, 0.15) is 5.82 Å². The van der Waals surface area contributed by atoms with E-state index in [1.807, 2.05) is 0 Å². The van der Waals surface area contributed by atoms with Gasteiger partial charge in [-0.25, -0.2) is 4.39 Å². The average molecular weight is 291 g/mol. The van der Waals surface area contributed by atoms with Crippen LogP contribution in [0, 0.1) is 12.7 Å². The predicted octanol–water partition coefficient (Wildman–Crippen LogP) is 3.13. The number of hydrogen-bond donors (Lipinski definition) is 0. The molecular weight excluding hydrogens is 284 g/mol. The molecule has 1 aromatic carbocycles. The predicted molar refractivity (Wildman–Crippen MR) is 58.8 cm³/mol. The molecule has 1 heterocycles. The molecule has 0 N–H and O–H groups in total. The standard InChI is InChI=1S/C9H6BrClFN3/c1-5-13-14-9(11)15(5)8-4-6(10)2-3-7(8)12/h2-4H,1H3. The highest BCUT2D eigenvalue weighted by molar-refractivity contribution is 9.10. The number of nitrogens with zero attached hydrogens (tertiary/aromatic N) is 3. The first kappa shape index (κ1) is 10.6. The van der Waals surface area contributed by atoms with E-state index in [-0.39, 0.29) is 11.1 Å². The minimum atomic E-state index is -0.372. The highest BCUT2D eigenvalue weighted by Crippen LogP contribution is 2.23. The van der Waals surface area contributed by atoms with Crippen molar-refractivity contribution in [1.82, 2.24) is 14.8 Å². The van der Waals surface area contributed by atoms with E-state index in [1.54, 1.807) is 19.1 Å². The van der Waals surface area contributed by atoms with E-state index in [0.29, 0.717) is 11.5 Å². The molecule has 0 bridgehead atoms. The Bertz CT molecular complexity index is 493. The maximum atomic E-state index is 13.5. The van der Waals surface area contributed by atoms with E-state index in [4.69, 9.17) is 11.6 Å². The summed E-state index contributed by atoms with van der Waals surface area (Å²) in [7, 11) is 0. The molecule has 0 amide bonds. The quantitative estimate of drug-likeness (QED) is 0.808. The Morgan fingerprint density at radius 1 is 1.40 bits per heavy atom. The molecule has 0 atom stereocenters. The third kappa shape index (κ3) is 1.89. The molecule has 2 rings (SSSR count). The van der Waals surface area contributed by atoms with Gasteiger partial charge in [0.2, 0.25) is 5.28 Å². The van der Waals surface area contributed by atoms with Crippen molar-refractivity contribution in [2.24, 2.45) is 0 Å². The van der Waals surface area contributed by atoms with Crippen LogP contribution >= 0.6 is 27.5 Å². The van der Waals surface area contributed by atoms with Crippen molar-refractivity contribution < 1.29 is 4.39 Å². The summed E-state index contributed by atoms with van der Waals surface area (Å²) in [6.07, 6.45) is 0. The van der Waals surface area contributed by atoms with Gasteiger partial charge in [0.05, 0.1) is 5.69 Å². The molecular formula is C9H6BrClFN3. The van der Waals surface area contributed by atoms with Gasteiger partial charge in [-0.15, -0.1) is 10.2 Å². The molecule has 0 aliphatic heterocycles. The van der Waals surface area contributed by atoms with Crippen molar-refractivity contribution in [3.8, 4) is 5.69 Å². The van der Waals surface area contributed by atoms with Crippen molar-refractivity contribution in [3.05, 3.63) is 39.6 Å². The summed E-state index contributed by atoms with van der Waals surface area (Å²) in [5.41, 5.74) is 0.330. The van der Waals surface area contributed by atoms with Crippen molar-refractivity contribution in [1.29, 1.82) is 0 Å². The molecule has 0 aliphatic carbocycles. The summed E-state index contributed by atoms with van der Waals surface area (Å²) in [5, 5.41) is 7.57. The Morgan fingerprint density at radius 2 is 2.13 bits per heavy atom. The second-order valence-corrected chi connectivity index (χ2v) is 4.20. The number of aromatic nitrogens is 3. The second kappa shape index (κ2) is 3.90. The van der Waals surface area contributed by atoms with Crippen LogP contribution < -0.4 is 0 Å². The molecule has 0 radical (unpaired) electrons. The molecule has 78 valence electrons. The number of rotatable bonds is 1. The zero-order valence-electron chi connectivity index (χ0n) is 7.71. The normalized spacial score (nSPS) is 10.7. The largest absolute Gasteiger partial charge is 0.267 e. The van der Waals surface area contributed by atoms with E-state index in [0.717, 1.165) is 4.47 Å². The Labute approximate surface area is 99.0 Å². The lowest BCUT2D eigenvalue weighted by Gasteiger charge is -2.06. The molecule has 2 aromatic rings. The van der Waals surface area contributed by atoms with Crippen molar-refractivity contribution in [3.63, 3.8) is 0 Å². The van der Waals surface area contributed by atoms with Gasteiger partial charge >= 0.3 is 0 Å². The maximum Gasteiger partial charge on any atom is 0.229 e. The van der Waals surface area contributed by atoms with Gasteiger partial charge in [-0.2, -0.15) is 0 Å². The van der Waals surface area contributed by atoms with E-state index in [1.165, 1.54) is 10.6 Å². The van der Waals surface area contributed by atoms with Crippen molar-refractivity contribution in [2.45, 2.75) is 6.92 Å². The lowest BCUT2D eigenvalue weighted by Crippen LogP contribution is -2.00. The van der Waals surface area contributed by atoms with Gasteiger partial charge in [-0.1, -0.05) is 15.9 Å². The van der Waals surface area contributed by atoms with Gasteiger partial charge in [0.15, 0.2) is 0 Å². The molecule has 15 heavy (non-hydrogen) atoms. The fourth-order valence-electron chi connectivity index (χ4n) is 1.27. The van der Waals surface area contributed by atoms with Crippen molar-refractivity contribution >= 4 is 27.5 Å². The van der Waals surface area contributed by atoms with Crippen LogP contribution in [0.2, 0.25) is 5.28 Å². The number of halogens is 3. The SMILES string of the molecule is Cc1nnc(Cl)n1-c1cc(Br)ccc1F. The molecule has 0 saturated heterocycles. The first-order valence-electron chi connectivity index (χ1n) is 4.12. The highest BCUT2D eigenvalue weighted by atomic mass is 79.9. The monoisotopic (exact) mass is 289 g/mol. The highest BCUT2D eigenvalue weighted by Gasteiger charge is 2.12. The summed E-state index contributed by atoms with van der Waals surface area (Å²) in [4.78, 5) is 0. The van der Waals surface area contributed by atoms with Gasteiger partial charge in [0.1, 0.15) is 11.6 Å². The fraction of sp³-hybridized carbons (Fsp3) is 0.111. The van der Waals surface area contributed by atoms with Gasteiger partial charge in [0.25, 0.3) is 0 Å². The van der Waals surface area contributed by atoms with Crippen LogP contribution in [0.15, 0.2) is 22.7 Å². The van der Waals surface area contributed by atoms with Crippen LogP contribution in [0.25, 0.3) is 5.69 Å². The van der Waals surface area contributed by atoms with Crippen LogP contribution in [0.5, 0.6) is 0 Å². The second-order valence-electron chi connectivity index (χ2n) is 2.95. The van der Waals surface area contributed by atoms with E-state index >= 15 is 0 Å². The van der Waals surface area contributed by atoms with Crippen LogP contribution in [0.4, 0.5) is 4.39 Å². The van der Waals surface area contributed by atoms with E-state index in [9.17, 15) is 4.39 Å². The molecule has 0 saturated carbocycles. The fourth-order valence-corrected chi connectivity index (χ4v) is 1.87. The van der Waals surface area contributed by atoms with Gasteiger partial charge in [-0.3, -0.25) is 4.57 Å². The molecule has 0 fully saturated rings. The van der Waals surface area contributed by atoms with Gasteiger partial charge in [-0.05, 0) is 36.7 Å². The Kier molecular flexibility index (Phi) is 2.75. The Morgan fingerprint density at radius 3 is 2.73 bits per heavy atom. The summed E-state index contributed by atoms with van der Waals surface area (Å²) < 4.78 is 15.7. The minimum Gasteiger partial charge on any atom is -0.267 e. The Balaban J connectivity index is 2.68.